The molecule has 0 aliphatic rings. The zero-order valence-electron chi connectivity index (χ0n) is 11.9. The van der Waals surface area contributed by atoms with Crippen LogP contribution in [0.3, 0.4) is 0 Å². The number of hydrogen-bond acceptors (Lipinski definition) is 5. The van der Waals surface area contributed by atoms with E-state index in [1.165, 1.54) is 10.3 Å². The van der Waals surface area contributed by atoms with Crippen LogP contribution in [0, 0.1) is 0 Å². The molecular weight excluding hydrogens is 292 g/mol. The maximum atomic E-state index is 4.43. The highest BCUT2D eigenvalue weighted by molar-refractivity contribution is 7.16. The molecule has 3 heterocycles. The van der Waals surface area contributed by atoms with Gasteiger partial charge in [0.05, 0.1) is 15.7 Å². The minimum absolute atomic E-state index is 0.846. The smallest absolute Gasteiger partial charge is 0.133 e. The average molecular weight is 306 g/mol. The number of thiazole rings is 1. The first-order valence-corrected chi connectivity index (χ1v) is 8.03. The van der Waals surface area contributed by atoms with E-state index in [0.29, 0.717) is 0 Å². The number of hydrogen-bond donors (Lipinski definition) is 1. The summed E-state index contributed by atoms with van der Waals surface area (Å²) in [6.07, 6.45) is 6.43. The molecule has 0 aliphatic heterocycles. The Morgan fingerprint density at radius 1 is 1.05 bits per heavy atom. The number of nitrogens with zero attached hydrogens (tertiary/aromatic N) is 3. The Bertz CT molecular complexity index is 927. The maximum absolute atomic E-state index is 4.43. The Morgan fingerprint density at radius 3 is 3.05 bits per heavy atom. The van der Waals surface area contributed by atoms with Crippen LogP contribution in [0.1, 0.15) is 5.56 Å². The first kappa shape index (κ1) is 13.2. The summed E-state index contributed by atoms with van der Waals surface area (Å²) in [6, 6.07) is 10.4. The zero-order valence-corrected chi connectivity index (χ0v) is 12.7. The molecule has 5 heteroatoms. The number of aromatic nitrogens is 3. The number of anilines is 1. The summed E-state index contributed by atoms with van der Waals surface area (Å²) in [4.78, 5) is 12.9. The summed E-state index contributed by atoms with van der Waals surface area (Å²) in [5.41, 5.74) is 4.27. The summed E-state index contributed by atoms with van der Waals surface area (Å²) in [7, 11) is 0. The maximum Gasteiger partial charge on any atom is 0.133 e. The Labute approximate surface area is 131 Å². The van der Waals surface area contributed by atoms with E-state index in [1.807, 2.05) is 30.0 Å². The SMILES string of the molecule is c1cc2c(NCCc3ccc4ncsc4c3)nccc2cn1. The number of rotatable bonds is 4. The normalized spacial score (nSPS) is 11.1. The Hall–Kier alpha value is -2.53. The van der Waals surface area contributed by atoms with E-state index in [0.717, 1.165) is 35.1 Å². The van der Waals surface area contributed by atoms with Gasteiger partial charge in [0, 0.05) is 35.9 Å². The molecule has 0 amide bonds. The van der Waals surface area contributed by atoms with Crippen molar-refractivity contribution in [3.8, 4) is 0 Å². The van der Waals surface area contributed by atoms with Gasteiger partial charge in [-0.3, -0.25) is 4.98 Å². The first-order chi connectivity index (χ1) is 10.9. The summed E-state index contributed by atoms with van der Waals surface area (Å²) >= 11 is 1.68. The molecule has 0 radical (unpaired) electrons. The van der Waals surface area contributed by atoms with Gasteiger partial charge in [0.1, 0.15) is 5.82 Å². The lowest BCUT2D eigenvalue weighted by atomic mass is 10.1. The third-order valence-corrected chi connectivity index (χ3v) is 4.46. The van der Waals surface area contributed by atoms with Crippen molar-refractivity contribution in [2.24, 2.45) is 0 Å². The van der Waals surface area contributed by atoms with Crippen molar-refractivity contribution < 1.29 is 0 Å². The molecule has 3 aromatic heterocycles. The Morgan fingerprint density at radius 2 is 2.05 bits per heavy atom. The monoisotopic (exact) mass is 306 g/mol. The fourth-order valence-electron chi connectivity index (χ4n) is 2.54. The average Bonchev–Trinajstić information content (AvgIpc) is 3.03. The number of nitrogens with one attached hydrogen (secondary N) is 1. The van der Waals surface area contributed by atoms with Gasteiger partial charge in [0.25, 0.3) is 0 Å². The van der Waals surface area contributed by atoms with Crippen molar-refractivity contribution >= 4 is 38.1 Å². The molecule has 0 fully saturated rings. The van der Waals surface area contributed by atoms with Gasteiger partial charge in [-0.1, -0.05) is 6.07 Å². The second kappa shape index (κ2) is 5.69. The molecule has 4 nitrogen and oxygen atoms in total. The van der Waals surface area contributed by atoms with Gasteiger partial charge in [-0.25, -0.2) is 9.97 Å². The number of fused-ring (bicyclic) bond motifs is 2. The fourth-order valence-corrected chi connectivity index (χ4v) is 3.28. The van der Waals surface area contributed by atoms with Crippen molar-refractivity contribution in [1.29, 1.82) is 0 Å². The second-order valence-corrected chi connectivity index (χ2v) is 5.97. The molecular formula is C17H14N4S. The lowest BCUT2D eigenvalue weighted by Crippen LogP contribution is -2.06. The van der Waals surface area contributed by atoms with Crippen LogP contribution in [0.25, 0.3) is 21.0 Å². The van der Waals surface area contributed by atoms with Gasteiger partial charge in [-0.05, 0) is 36.2 Å². The predicted molar refractivity (Wildman–Crippen MR) is 91.4 cm³/mol. The van der Waals surface area contributed by atoms with Gasteiger partial charge in [-0.15, -0.1) is 11.3 Å². The van der Waals surface area contributed by atoms with Crippen molar-refractivity contribution in [3.63, 3.8) is 0 Å². The molecule has 0 atom stereocenters. The summed E-state index contributed by atoms with van der Waals surface area (Å²) < 4.78 is 1.24. The van der Waals surface area contributed by atoms with E-state index in [1.54, 1.807) is 17.5 Å². The lowest BCUT2D eigenvalue weighted by molar-refractivity contribution is 1.01. The molecule has 4 aromatic rings. The van der Waals surface area contributed by atoms with Gasteiger partial charge in [0.2, 0.25) is 0 Å². The Kier molecular flexibility index (Phi) is 3.40. The summed E-state index contributed by atoms with van der Waals surface area (Å²) in [5, 5.41) is 5.64. The highest BCUT2D eigenvalue weighted by Crippen LogP contribution is 2.21. The molecule has 0 aliphatic carbocycles. The van der Waals surface area contributed by atoms with Crippen LogP contribution in [0.4, 0.5) is 5.82 Å². The topological polar surface area (TPSA) is 50.7 Å². The van der Waals surface area contributed by atoms with E-state index in [2.05, 4.69) is 38.5 Å². The molecule has 0 saturated carbocycles. The van der Waals surface area contributed by atoms with Crippen molar-refractivity contribution in [2.75, 3.05) is 11.9 Å². The van der Waals surface area contributed by atoms with Gasteiger partial charge in [-0.2, -0.15) is 0 Å². The van der Waals surface area contributed by atoms with Gasteiger partial charge >= 0.3 is 0 Å². The largest absolute Gasteiger partial charge is 0.369 e. The van der Waals surface area contributed by atoms with E-state index in [-0.39, 0.29) is 0 Å². The molecule has 0 unspecified atom stereocenters. The minimum atomic E-state index is 0.846. The molecule has 108 valence electrons. The van der Waals surface area contributed by atoms with Crippen LogP contribution >= 0.6 is 11.3 Å². The standard InChI is InChI=1S/C17H14N4S/c1-2-15-16(22-11-21-15)9-12(1)3-7-19-17-14-5-6-18-10-13(14)4-8-20-17/h1-2,4-6,8-11H,3,7H2,(H,19,20). The highest BCUT2D eigenvalue weighted by Gasteiger charge is 2.02. The van der Waals surface area contributed by atoms with E-state index < -0.39 is 0 Å². The lowest BCUT2D eigenvalue weighted by Gasteiger charge is -2.08. The number of pyridine rings is 2. The van der Waals surface area contributed by atoms with Crippen molar-refractivity contribution in [3.05, 3.63) is 60.0 Å². The van der Waals surface area contributed by atoms with Crippen LogP contribution in [0.15, 0.2) is 54.4 Å². The molecule has 22 heavy (non-hydrogen) atoms. The van der Waals surface area contributed by atoms with Crippen LogP contribution < -0.4 is 5.32 Å². The molecule has 0 bridgehead atoms. The molecule has 0 saturated heterocycles. The fraction of sp³-hybridized carbons (Fsp3) is 0.118. The molecule has 1 N–H and O–H groups in total. The van der Waals surface area contributed by atoms with E-state index in [9.17, 15) is 0 Å². The van der Waals surface area contributed by atoms with Crippen LogP contribution in [0.5, 0.6) is 0 Å². The van der Waals surface area contributed by atoms with Crippen molar-refractivity contribution in [1.82, 2.24) is 15.0 Å². The van der Waals surface area contributed by atoms with Crippen molar-refractivity contribution in [2.45, 2.75) is 6.42 Å². The first-order valence-electron chi connectivity index (χ1n) is 7.15. The molecule has 1 aromatic carbocycles. The zero-order chi connectivity index (χ0) is 14.8. The molecule has 4 rings (SSSR count). The van der Waals surface area contributed by atoms with E-state index >= 15 is 0 Å². The quantitative estimate of drug-likeness (QED) is 0.621. The van der Waals surface area contributed by atoms with Crippen LogP contribution in [-0.2, 0) is 6.42 Å². The Balaban J connectivity index is 1.50. The third-order valence-electron chi connectivity index (χ3n) is 3.67. The number of benzene rings is 1. The molecule has 0 spiro atoms. The summed E-state index contributed by atoms with van der Waals surface area (Å²) in [5.74, 6) is 0.916. The minimum Gasteiger partial charge on any atom is -0.369 e. The van der Waals surface area contributed by atoms with Gasteiger partial charge < -0.3 is 5.32 Å². The van der Waals surface area contributed by atoms with E-state index in [4.69, 9.17) is 0 Å². The van der Waals surface area contributed by atoms with Gasteiger partial charge in [0.15, 0.2) is 0 Å². The van der Waals surface area contributed by atoms with Crippen LogP contribution in [-0.4, -0.2) is 21.5 Å². The summed E-state index contributed by atoms with van der Waals surface area (Å²) in [6.45, 7) is 0.846. The predicted octanol–water partition coefficient (Wildman–Crippen LogP) is 3.89. The second-order valence-electron chi connectivity index (χ2n) is 5.09. The van der Waals surface area contributed by atoms with Crippen LogP contribution in [0.2, 0.25) is 0 Å². The highest BCUT2D eigenvalue weighted by atomic mass is 32.1. The third kappa shape index (κ3) is 2.51.